The van der Waals surface area contributed by atoms with E-state index in [4.69, 9.17) is 23.2 Å². The lowest BCUT2D eigenvalue weighted by Gasteiger charge is -2.39. The maximum Gasteiger partial charge on any atom is 0.254 e. The van der Waals surface area contributed by atoms with E-state index in [1.807, 2.05) is 17.0 Å². The van der Waals surface area contributed by atoms with Gasteiger partial charge in [-0.05, 0) is 23.3 Å². The van der Waals surface area contributed by atoms with Gasteiger partial charge in [0.15, 0.2) is 0 Å². The van der Waals surface area contributed by atoms with E-state index in [0.29, 0.717) is 18.7 Å². The molecule has 0 radical (unpaired) electrons. The predicted molar refractivity (Wildman–Crippen MR) is 116 cm³/mol. The first-order valence-corrected chi connectivity index (χ1v) is 10.3. The normalized spacial score (nSPS) is 14.9. The van der Waals surface area contributed by atoms with E-state index < -0.39 is 0 Å². The topological polar surface area (TPSA) is 36.4 Å². The maximum absolute atomic E-state index is 12.9. The quantitative estimate of drug-likeness (QED) is 0.555. The van der Waals surface area contributed by atoms with E-state index in [-0.39, 0.29) is 22.3 Å². The van der Waals surface area contributed by atoms with Gasteiger partial charge in [-0.15, -0.1) is 0 Å². The summed E-state index contributed by atoms with van der Waals surface area (Å²) in [4.78, 5) is 21.1. The summed E-state index contributed by atoms with van der Waals surface area (Å²) >= 11 is 11.9. The summed E-state index contributed by atoms with van der Waals surface area (Å²) in [5, 5.41) is 0.459. The number of aromatic nitrogens is 1. The maximum atomic E-state index is 12.9. The van der Waals surface area contributed by atoms with Gasteiger partial charge in [0.1, 0.15) is 10.3 Å². The number of piperazine rings is 1. The van der Waals surface area contributed by atoms with E-state index in [2.05, 4.69) is 58.4 Å². The van der Waals surface area contributed by atoms with Crippen LogP contribution in [0.15, 0.2) is 72.8 Å². The minimum Gasteiger partial charge on any atom is -0.336 e. The Kier molecular flexibility index (Phi) is 6.14. The fourth-order valence-electron chi connectivity index (χ4n) is 3.84. The summed E-state index contributed by atoms with van der Waals surface area (Å²) in [6.45, 7) is 2.86. The van der Waals surface area contributed by atoms with Crippen LogP contribution in [0.1, 0.15) is 27.5 Å². The van der Waals surface area contributed by atoms with Gasteiger partial charge in [-0.25, -0.2) is 4.98 Å². The zero-order valence-electron chi connectivity index (χ0n) is 15.8. The minimum atomic E-state index is -0.0631. The van der Waals surface area contributed by atoms with Gasteiger partial charge in [-0.2, -0.15) is 0 Å². The molecule has 0 N–H and O–H groups in total. The molecule has 0 bridgehead atoms. The van der Waals surface area contributed by atoms with Crippen LogP contribution in [0.25, 0.3) is 0 Å². The molecule has 3 aromatic rings. The van der Waals surface area contributed by atoms with Gasteiger partial charge in [0, 0.05) is 31.7 Å². The Morgan fingerprint density at radius 1 is 0.793 bits per heavy atom. The zero-order valence-corrected chi connectivity index (χ0v) is 17.4. The summed E-state index contributed by atoms with van der Waals surface area (Å²) in [6.07, 6.45) is 0. The van der Waals surface area contributed by atoms with Gasteiger partial charge in [-0.3, -0.25) is 9.69 Å². The molecule has 0 unspecified atom stereocenters. The van der Waals surface area contributed by atoms with E-state index in [1.54, 1.807) is 12.1 Å². The average Bonchev–Trinajstić information content (AvgIpc) is 2.75. The number of amides is 1. The van der Waals surface area contributed by atoms with E-state index >= 15 is 0 Å². The lowest BCUT2D eigenvalue weighted by Crippen LogP contribution is -2.49. The molecule has 0 saturated carbocycles. The molecule has 4 rings (SSSR count). The van der Waals surface area contributed by atoms with Gasteiger partial charge in [0.2, 0.25) is 0 Å². The Balaban J connectivity index is 1.52. The minimum absolute atomic E-state index is 0.0631. The number of benzene rings is 2. The molecule has 1 amide bonds. The van der Waals surface area contributed by atoms with Crippen LogP contribution in [-0.4, -0.2) is 46.9 Å². The summed E-state index contributed by atoms with van der Waals surface area (Å²) in [6, 6.07) is 24.3. The largest absolute Gasteiger partial charge is 0.336 e. The summed E-state index contributed by atoms with van der Waals surface area (Å²) in [5.41, 5.74) is 2.99. The Hall–Kier alpha value is -2.40. The van der Waals surface area contributed by atoms with Crippen molar-refractivity contribution in [3.8, 4) is 0 Å². The third-order valence-corrected chi connectivity index (χ3v) is 5.59. The van der Waals surface area contributed by atoms with Gasteiger partial charge in [0.05, 0.1) is 6.04 Å². The summed E-state index contributed by atoms with van der Waals surface area (Å²) in [7, 11) is 0. The Morgan fingerprint density at radius 3 is 1.76 bits per heavy atom. The number of halogens is 2. The fraction of sp³-hybridized carbons (Fsp3) is 0.217. The molecule has 0 aliphatic carbocycles. The molecule has 148 valence electrons. The second kappa shape index (κ2) is 8.95. The SMILES string of the molecule is O=C(c1cc(Cl)nc(Cl)c1)N1CCN(C(c2ccccc2)c2ccccc2)CC1. The lowest BCUT2D eigenvalue weighted by atomic mass is 9.96. The molecule has 4 nitrogen and oxygen atoms in total. The molecule has 1 aromatic heterocycles. The average molecular weight is 426 g/mol. The van der Waals surface area contributed by atoms with Crippen molar-refractivity contribution >= 4 is 29.1 Å². The fourth-order valence-corrected chi connectivity index (χ4v) is 4.30. The van der Waals surface area contributed by atoms with Crippen LogP contribution in [-0.2, 0) is 0 Å². The highest BCUT2D eigenvalue weighted by atomic mass is 35.5. The standard InChI is InChI=1S/C23H21Cl2N3O/c24-20-15-19(16-21(25)26-20)23(29)28-13-11-27(12-14-28)22(17-7-3-1-4-8-17)18-9-5-2-6-10-18/h1-10,15-16,22H,11-14H2. The number of hydrogen-bond acceptors (Lipinski definition) is 3. The molecule has 29 heavy (non-hydrogen) atoms. The van der Waals surface area contributed by atoms with Crippen LogP contribution in [0.3, 0.4) is 0 Å². The summed E-state index contributed by atoms with van der Waals surface area (Å²) < 4.78 is 0. The first-order chi connectivity index (χ1) is 14.1. The summed E-state index contributed by atoms with van der Waals surface area (Å²) in [5.74, 6) is -0.0631. The zero-order chi connectivity index (χ0) is 20.2. The molecule has 1 aliphatic heterocycles. The van der Waals surface area contributed by atoms with Gasteiger partial charge in [0.25, 0.3) is 5.91 Å². The third kappa shape index (κ3) is 4.61. The molecule has 1 aliphatic rings. The second-order valence-corrected chi connectivity index (χ2v) is 7.83. The molecular formula is C23H21Cl2N3O. The van der Waals surface area contributed by atoms with Crippen molar-refractivity contribution in [1.82, 2.24) is 14.8 Å². The first-order valence-electron chi connectivity index (χ1n) is 9.58. The molecule has 0 spiro atoms. The monoisotopic (exact) mass is 425 g/mol. The van der Waals surface area contributed by atoms with Crippen molar-refractivity contribution < 1.29 is 4.79 Å². The van der Waals surface area contributed by atoms with Crippen molar-refractivity contribution in [1.29, 1.82) is 0 Å². The number of carbonyl (C=O) groups is 1. The third-order valence-electron chi connectivity index (χ3n) is 5.21. The van der Waals surface area contributed by atoms with Crippen molar-refractivity contribution in [2.75, 3.05) is 26.2 Å². The van der Waals surface area contributed by atoms with E-state index in [9.17, 15) is 4.79 Å². The van der Waals surface area contributed by atoms with Crippen LogP contribution in [0.4, 0.5) is 0 Å². The van der Waals surface area contributed by atoms with Crippen molar-refractivity contribution in [3.05, 3.63) is 99.8 Å². The number of nitrogens with zero attached hydrogens (tertiary/aromatic N) is 3. The predicted octanol–water partition coefficient (Wildman–Crippen LogP) is 4.94. The smallest absolute Gasteiger partial charge is 0.254 e. The van der Waals surface area contributed by atoms with Crippen LogP contribution in [0, 0.1) is 0 Å². The van der Waals surface area contributed by atoms with Crippen LogP contribution < -0.4 is 0 Å². The molecular weight excluding hydrogens is 405 g/mol. The molecule has 1 fully saturated rings. The number of pyridine rings is 1. The number of hydrogen-bond donors (Lipinski definition) is 0. The van der Waals surface area contributed by atoms with Gasteiger partial charge >= 0.3 is 0 Å². The number of carbonyl (C=O) groups excluding carboxylic acids is 1. The van der Waals surface area contributed by atoms with Crippen molar-refractivity contribution in [2.24, 2.45) is 0 Å². The molecule has 1 saturated heterocycles. The van der Waals surface area contributed by atoms with E-state index in [0.717, 1.165) is 13.1 Å². The van der Waals surface area contributed by atoms with Gasteiger partial charge < -0.3 is 4.90 Å². The Bertz CT molecular complexity index is 914. The van der Waals surface area contributed by atoms with E-state index in [1.165, 1.54) is 11.1 Å². The highest BCUT2D eigenvalue weighted by Crippen LogP contribution is 2.29. The molecule has 2 heterocycles. The molecule has 2 aromatic carbocycles. The highest BCUT2D eigenvalue weighted by molar-refractivity contribution is 6.33. The Morgan fingerprint density at radius 2 is 1.28 bits per heavy atom. The molecule has 6 heteroatoms. The van der Waals surface area contributed by atoms with Crippen molar-refractivity contribution in [3.63, 3.8) is 0 Å². The second-order valence-electron chi connectivity index (χ2n) is 7.05. The van der Waals surface area contributed by atoms with Crippen molar-refractivity contribution in [2.45, 2.75) is 6.04 Å². The van der Waals surface area contributed by atoms with Gasteiger partial charge in [-0.1, -0.05) is 83.9 Å². The van der Waals surface area contributed by atoms with Crippen LogP contribution in [0.5, 0.6) is 0 Å². The Labute approximate surface area is 180 Å². The van der Waals surface area contributed by atoms with Crippen LogP contribution in [0.2, 0.25) is 10.3 Å². The lowest BCUT2D eigenvalue weighted by molar-refractivity contribution is 0.0597. The molecule has 0 atom stereocenters. The number of rotatable bonds is 4. The first kappa shape index (κ1) is 19.9. The van der Waals surface area contributed by atoms with Crippen LogP contribution >= 0.6 is 23.2 Å². The highest BCUT2D eigenvalue weighted by Gasteiger charge is 2.28.